The van der Waals surface area contributed by atoms with E-state index in [-0.39, 0.29) is 50.4 Å². The molecule has 1 aliphatic rings. The molecule has 8 aromatic rings. The Morgan fingerprint density at radius 3 is 2.37 bits per heavy atom. The molecule has 0 amide bonds. The molecule has 0 atom stereocenters. The number of aryl methyl sites for hydroxylation is 1. The van der Waals surface area contributed by atoms with Gasteiger partial charge in [0, 0.05) is 55.0 Å². The molecule has 0 aliphatic carbocycles. The molecule has 0 unspecified atom stereocenters. The van der Waals surface area contributed by atoms with Gasteiger partial charge in [-0.2, -0.15) is 0 Å². The lowest BCUT2D eigenvalue weighted by molar-refractivity contribution is 0.419. The predicted octanol–water partition coefficient (Wildman–Crippen LogP) is 11.9. The van der Waals surface area contributed by atoms with Crippen LogP contribution in [0.2, 0.25) is 0 Å². The van der Waals surface area contributed by atoms with Gasteiger partial charge in [-0.1, -0.05) is 98.6 Å². The molecule has 9 rings (SSSR count). The first-order chi connectivity index (χ1) is 27.3. The summed E-state index contributed by atoms with van der Waals surface area (Å²) in [5, 5.41) is 1.76. The third-order valence-electron chi connectivity index (χ3n) is 8.99. The third-order valence-corrected chi connectivity index (χ3v) is 8.99. The van der Waals surface area contributed by atoms with Crippen LogP contribution in [0, 0.1) is 13.7 Å². The van der Waals surface area contributed by atoms with E-state index in [1.165, 1.54) is 48.5 Å². The number of benzene rings is 6. The van der Waals surface area contributed by atoms with Gasteiger partial charge in [-0.15, -0.1) is 0 Å². The molecule has 46 heavy (non-hydrogen) atoms. The van der Waals surface area contributed by atoms with E-state index in [0.717, 1.165) is 21.8 Å². The van der Waals surface area contributed by atoms with E-state index < -0.39 is 32.8 Å². The summed E-state index contributed by atoms with van der Waals surface area (Å²) in [5.41, 5.74) is 0.528. The van der Waals surface area contributed by atoms with E-state index in [2.05, 4.69) is 4.57 Å². The second-order valence-corrected chi connectivity index (χ2v) is 11.6. The van der Waals surface area contributed by atoms with Gasteiger partial charge in [0.05, 0.1) is 5.52 Å². The van der Waals surface area contributed by atoms with Crippen molar-refractivity contribution in [2.45, 2.75) is 32.8 Å². The largest absolute Gasteiger partial charge is 0.456 e. The van der Waals surface area contributed by atoms with Crippen LogP contribution in [0.5, 0.6) is 11.5 Å². The van der Waals surface area contributed by atoms with Crippen LogP contribution in [0.25, 0.3) is 60.9 Å². The summed E-state index contributed by atoms with van der Waals surface area (Å²) in [6.45, 7) is -12.1. The maximum absolute atomic E-state index is 8.98. The first-order valence-electron chi connectivity index (χ1n) is 20.9. The van der Waals surface area contributed by atoms with Crippen LogP contribution in [-0.2, 0) is 5.41 Å². The van der Waals surface area contributed by atoms with Crippen LogP contribution in [0.4, 0.5) is 0 Å². The van der Waals surface area contributed by atoms with Crippen LogP contribution in [0.15, 0.2) is 132 Å². The van der Waals surface area contributed by atoms with Gasteiger partial charge >= 0.3 is 0 Å². The lowest BCUT2D eigenvalue weighted by atomic mass is 9.74. The van der Waals surface area contributed by atoms with Gasteiger partial charge < -0.3 is 13.7 Å². The van der Waals surface area contributed by atoms with E-state index in [9.17, 15) is 0 Å². The Balaban J connectivity index is 1.35. The predicted molar refractivity (Wildman–Crippen MR) is 190 cm³/mol. The second-order valence-electron chi connectivity index (χ2n) is 11.6. The summed E-state index contributed by atoms with van der Waals surface area (Å²) in [7, 11) is 0. The number of hydrogen-bond donors (Lipinski definition) is 0. The van der Waals surface area contributed by atoms with Crippen molar-refractivity contribution in [1.82, 2.24) is 4.57 Å². The van der Waals surface area contributed by atoms with Crippen LogP contribution < -0.4 is 4.74 Å². The number of ether oxygens (including phenoxy) is 1. The van der Waals surface area contributed by atoms with Crippen molar-refractivity contribution in [3.05, 3.63) is 150 Å². The Hall–Kier alpha value is -5.54. The summed E-state index contributed by atoms with van der Waals surface area (Å²) >= 11 is 0. The number of rotatable bonds is 3. The minimum absolute atomic E-state index is 0.0542. The number of furan rings is 1. The molecule has 3 heteroatoms. The topological polar surface area (TPSA) is 27.3 Å². The summed E-state index contributed by atoms with van der Waals surface area (Å²) in [4.78, 5) is 0. The maximum Gasteiger partial charge on any atom is 0.161 e. The van der Waals surface area contributed by atoms with Crippen molar-refractivity contribution in [1.29, 1.82) is 0 Å². The smallest absolute Gasteiger partial charge is 0.161 e. The molecule has 0 saturated heterocycles. The van der Waals surface area contributed by atoms with Crippen molar-refractivity contribution in [3.63, 3.8) is 0 Å². The first kappa shape index (κ1) is 17.2. The SMILES string of the molecule is [2H]C([2H])([2H])c1ccc(-c2cccc(-n3c4ccccc4c4oc5ccccc5c43)c2)c(C([2H])([2H])[2H])c1-c1cccc2c1Oc1ccccc1C2(C([2H])([2H])[2H])C([2H])([2H])[2H]. The second kappa shape index (κ2) is 9.73. The average Bonchev–Trinajstić information content (AvgIpc) is 3.69. The number of hydrogen-bond acceptors (Lipinski definition) is 2. The third kappa shape index (κ3) is 3.72. The van der Waals surface area contributed by atoms with E-state index in [4.69, 9.17) is 25.6 Å². The summed E-state index contributed by atoms with van der Waals surface area (Å²) in [6.07, 6.45) is 0. The summed E-state index contributed by atoms with van der Waals surface area (Å²) < 4.78 is 120. The number of aromatic nitrogens is 1. The molecule has 0 N–H and O–H groups in total. The van der Waals surface area contributed by atoms with Crippen molar-refractivity contribution >= 4 is 33.0 Å². The van der Waals surface area contributed by atoms with Gasteiger partial charge in [0.2, 0.25) is 0 Å². The fraction of sp³-hybridized carbons (Fsp3) is 0.116. The number of nitrogens with zero attached hydrogens (tertiary/aromatic N) is 1. The summed E-state index contributed by atoms with van der Waals surface area (Å²) in [6, 6.07) is 35.7. The van der Waals surface area contributed by atoms with Crippen molar-refractivity contribution in [2.75, 3.05) is 0 Å². The molecule has 2 aromatic heterocycles. The van der Waals surface area contributed by atoms with E-state index in [1.54, 1.807) is 18.2 Å². The first-order valence-corrected chi connectivity index (χ1v) is 14.9. The Labute approximate surface area is 285 Å². The quantitative estimate of drug-likeness (QED) is 0.200. The monoisotopic (exact) mass is 607 g/mol. The van der Waals surface area contributed by atoms with Gasteiger partial charge in [0.25, 0.3) is 0 Å². The minimum atomic E-state index is -3.16. The standard InChI is InChI=1S/C43H33NO2/c1-26-23-24-30(27(2)39(26)33-17-12-19-35-41(33)46-38-22-10-7-18-34(38)43(35,3)4)28-13-11-14-29(25-28)44-36-20-8-5-15-31(36)42-40(44)32-16-6-9-21-37(32)45-42/h5-25H,1-4H3/i1D3,2D3,3D3,4D3. The van der Waals surface area contributed by atoms with Gasteiger partial charge in [0.1, 0.15) is 22.6 Å². The highest BCUT2D eigenvalue weighted by Crippen LogP contribution is 2.52. The van der Waals surface area contributed by atoms with Crippen LogP contribution in [-0.4, -0.2) is 4.57 Å². The lowest BCUT2D eigenvalue weighted by Crippen LogP contribution is -2.24. The molecule has 3 nitrogen and oxygen atoms in total. The molecule has 0 bridgehead atoms. The normalized spacial score (nSPS) is 18.5. The number of para-hydroxylation sites is 4. The molecule has 0 radical (unpaired) electrons. The molecule has 0 saturated carbocycles. The van der Waals surface area contributed by atoms with Crippen molar-refractivity contribution in [2.24, 2.45) is 0 Å². The fourth-order valence-electron chi connectivity index (χ4n) is 6.88. The highest BCUT2D eigenvalue weighted by molar-refractivity contribution is 6.16. The molecule has 1 aliphatic heterocycles. The van der Waals surface area contributed by atoms with Crippen LogP contribution in [0.3, 0.4) is 0 Å². The zero-order valence-electron chi connectivity index (χ0n) is 36.4. The van der Waals surface area contributed by atoms with Gasteiger partial charge in [-0.05, 0) is 84.0 Å². The number of fused-ring (bicyclic) bond motifs is 7. The average molecular weight is 608 g/mol. The fourth-order valence-corrected chi connectivity index (χ4v) is 6.88. The van der Waals surface area contributed by atoms with Crippen LogP contribution >= 0.6 is 0 Å². The lowest BCUT2D eigenvalue weighted by Gasteiger charge is -2.35. The van der Waals surface area contributed by atoms with E-state index in [1.807, 2.05) is 60.7 Å². The molecule has 222 valence electrons. The summed E-state index contributed by atoms with van der Waals surface area (Å²) in [5.74, 6) is -0.301. The van der Waals surface area contributed by atoms with Crippen LogP contribution in [0.1, 0.15) is 52.4 Å². The molecule has 0 fully saturated rings. The van der Waals surface area contributed by atoms with E-state index >= 15 is 0 Å². The van der Waals surface area contributed by atoms with Crippen molar-refractivity contribution < 1.29 is 25.6 Å². The molecular formula is C43H33NO2. The van der Waals surface area contributed by atoms with Gasteiger partial charge in [-0.3, -0.25) is 0 Å². The van der Waals surface area contributed by atoms with Gasteiger partial charge in [0.15, 0.2) is 5.58 Å². The van der Waals surface area contributed by atoms with Gasteiger partial charge in [-0.25, -0.2) is 0 Å². The van der Waals surface area contributed by atoms with Crippen molar-refractivity contribution in [3.8, 4) is 39.4 Å². The maximum atomic E-state index is 8.98. The molecule has 3 heterocycles. The molecule has 6 aromatic carbocycles. The zero-order valence-corrected chi connectivity index (χ0v) is 24.4. The molecule has 0 spiro atoms. The highest BCUT2D eigenvalue weighted by Gasteiger charge is 2.35. The highest BCUT2D eigenvalue weighted by atomic mass is 16.5. The zero-order chi connectivity index (χ0) is 41.2. The molecular weight excluding hydrogens is 562 g/mol. The Bertz CT molecular complexity index is 2930. The van der Waals surface area contributed by atoms with E-state index in [0.29, 0.717) is 22.4 Å². The Kier molecular flexibility index (Phi) is 3.64. The minimum Gasteiger partial charge on any atom is -0.456 e. The Morgan fingerprint density at radius 1 is 0.674 bits per heavy atom. The Morgan fingerprint density at radius 2 is 1.48 bits per heavy atom.